The van der Waals surface area contributed by atoms with Crippen molar-refractivity contribution < 1.29 is 9.18 Å². The summed E-state index contributed by atoms with van der Waals surface area (Å²) in [5.74, 6) is 1.01. The predicted molar refractivity (Wildman–Crippen MR) is 132 cm³/mol. The Morgan fingerprint density at radius 1 is 1.20 bits per heavy atom. The van der Waals surface area contributed by atoms with Gasteiger partial charge in [-0.25, -0.2) is 14.4 Å². The Labute approximate surface area is 207 Å². The van der Waals surface area contributed by atoms with Crippen molar-refractivity contribution in [2.45, 2.75) is 38.8 Å². The average Bonchev–Trinajstić information content (AvgIpc) is 3.78. The van der Waals surface area contributed by atoms with Crippen LogP contribution in [0.1, 0.15) is 31.2 Å². The number of hydrogen-bond acceptors (Lipinski definition) is 6. The number of rotatable bonds is 12. The first kappa shape index (κ1) is 23.7. The number of nitrogens with one attached hydrogen (secondary N) is 3. The number of aromatic amines is 1. The van der Waals surface area contributed by atoms with Crippen LogP contribution in [0.4, 0.5) is 10.2 Å². The molecule has 0 spiro atoms. The lowest BCUT2D eigenvalue weighted by atomic mass is 10.2. The maximum absolute atomic E-state index is 13.8. The molecule has 1 amide bonds. The number of pyridine rings is 1. The van der Waals surface area contributed by atoms with E-state index in [2.05, 4.69) is 30.5 Å². The molecule has 0 atom stereocenters. The minimum absolute atomic E-state index is 0.0808. The van der Waals surface area contributed by atoms with Gasteiger partial charge in [-0.05, 0) is 49.1 Å². The van der Waals surface area contributed by atoms with Gasteiger partial charge in [0.1, 0.15) is 23.2 Å². The minimum Gasteiger partial charge on any atom is -0.364 e. The van der Waals surface area contributed by atoms with Crippen molar-refractivity contribution in [1.82, 2.24) is 29.7 Å². The van der Waals surface area contributed by atoms with E-state index in [0.29, 0.717) is 23.1 Å². The molecule has 0 radical (unpaired) electrons. The fourth-order valence-corrected chi connectivity index (χ4v) is 4.35. The molecule has 0 unspecified atom stereocenters. The van der Waals surface area contributed by atoms with Gasteiger partial charge in [0, 0.05) is 45.1 Å². The fraction of sp³-hybridized carbons (Fsp3) is 0.500. The van der Waals surface area contributed by atoms with Gasteiger partial charge in [-0.1, -0.05) is 11.6 Å². The van der Waals surface area contributed by atoms with Gasteiger partial charge in [-0.3, -0.25) is 14.2 Å². The monoisotopic (exact) mass is 501 g/mol. The van der Waals surface area contributed by atoms with Crippen molar-refractivity contribution >= 4 is 34.4 Å². The SMILES string of the molecule is O=C(Cn1c(Cl)cnc(NCCN(CC2CC2)CC2CC2)c1=O)NCc1cnc2[nH]cc(F)c2c1. The van der Waals surface area contributed by atoms with E-state index < -0.39 is 17.3 Å². The zero-order valence-corrected chi connectivity index (χ0v) is 20.2. The van der Waals surface area contributed by atoms with Crippen LogP contribution in [-0.4, -0.2) is 56.5 Å². The third-order valence-corrected chi connectivity index (χ3v) is 6.78. The van der Waals surface area contributed by atoms with Gasteiger partial charge < -0.3 is 20.5 Å². The van der Waals surface area contributed by atoms with Crippen molar-refractivity contribution in [3.05, 3.63) is 51.5 Å². The molecule has 186 valence electrons. The third kappa shape index (κ3) is 6.18. The van der Waals surface area contributed by atoms with E-state index in [0.717, 1.165) is 31.5 Å². The summed E-state index contributed by atoms with van der Waals surface area (Å²) in [4.78, 5) is 38.9. The lowest BCUT2D eigenvalue weighted by molar-refractivity contribution is -0.121. The molecule has 0 bridgehead atoms. The highest BCUT2D eigenvalue weighted by atomic mass is 35.5. The van der Waals surface area contributed by atoms with Crippen molar-refractivity contribution in [3.63, 3.8) is 0 Å². The first-order chi connectivity index (χ1) is 17.0. The van der Waals surface area contributed by atoms with E-state index in [1.807, 2.05) is 0 Å². The second-order valence-electron chi connectivity index (χ2n) is 9.55. The Morgan fingerprint density at radius 2 is 1.94 bits per heavy atom. The second kappa shape index (κ2) is 10.3. The molecule has 0 aromatic carbocycles. The molecule has 11 heteroatoms. The highest BCUT2D eigenvalue weighted by Gasteiger charge is 2.29. The summed E-state index contributed by atoms with van der Waals surface area (Å²) in [5.41, 5.74) is 0.638. The van der Waals surface area contributed by atoms with E-state index in [4.69, 9.17) is 11.6 Å². The van der Waals surface area contributed by atoms with E-state index >= 15 is 0 Å². The molecule has 2 aliphatic rings. The Morgan fingerprint density at radius 3 is 2.66 bits per heavy atom. The lowest BCUT2D eigenvalue weighted by Crippen LogP contribution is -2.36. The number of H-pyrrole nitrogens is 1. The molecule has 2 aliphatic carbocycles. The molecule has 0 saturated heterocycles. The number of halogens is 2. The zero-order valence-electron chi connectivity index (χ0n) is 19.4. The molecule has 3 aromatic rings. The van der Waals surface area contributed by atoms with Crippen LogP contribution in [-0.2, 0) is 17.9 Å². The van der Waals surface area contributed by atoms with Gasteiger partial charge in [0.05, 0.1) is 11.6 Å². The standard InChI is InChI=1S/C24H29ClFN7O2/c25-20-11-31-23(27-5-6-32(12-15-1-2-15)13-16-3-4-16)24(35)33(20)14-21(34)28-8-17-7-18-19(26)10-30-22(18)29-9-17/h7,9-11,15-16H,1-6,8,12-14H2,(H,27,31)(H,28,34)(H,29,30). The number of carbonyl (C=O) groups excluding carboxylic acids is 1. The topological polar surface area (TPSA) is 108 Å². The Hall–Kier alpha value is -2.98. The van der Waals surface area contributed by atoms with Crippen molar-refractivity contribution in [2.75, 3.05) is 31.5 Å². The maximum atomic E-state index is 13.8. The average molecular weight is 502 g/mol. The number of carbonyl (C=O) groups is 1. The summed E-state index contributed by atoms with van der Waals surface area (Å²) in [7, 11) is 0. The molecule has 2 saturated carbocycles. The van der Waals surface area contributed by atoms with Crippen LogP contribution in [0.25, 0.3) is 11.0 Å². The van der Waals surface area contributed by atoms with Crippen LogP contribution in [0, 0.1) is 17.7 Å². The van der Waals surface area contributed by atoms with Crippen LogP contribution in [0.5, 0.6) is 0 Å². The van der Waals surface area contributed by atoms with Crippen LogP contribution >= 0.6 is 11.6 Å². The summed E-state index contributed by atoms with van der Waals surface area (Å²) in [5, 5.41) is 6.29. The second-order valence-corrected chi connectivity index (χ2v) is 9.93. The van der Waals surface area contributed by atoms with Gasteiger partial charge in [0.15, 0.2) is 5.82 Å². The molecule has 3 N–H and O–H groups in total. The van der Waals surface area contributed by atoms with E-state index in [1.54, 1.807) is 12.3 Å². The van der Waals surface area contributed by atoms with Gasteiger partial charge in [0.25, 0.3) is 5.56 Å². The summed E-state index contributed by atoms with van der Waals surface area (Å²) in [6, 6.07) is 1.62. The molecule has 0 aliphatic heterocycles. The first-order valence-electron chi connectivity index (χ1n) is 12.1. The highest BCUT2D eigenvalue weighted by molar-refractivity contribution is 6.29. The molecule has 5 rings (SSSR count). The van der Waals surface area contributed by atoms with E-state index in [-0.39, 0.29) is 24.1 Å². The molecular formula is C24H29ClFN7O2. The molecule has 35 heavy (non-hydrogen) atoms. The number of aromatic nitrogens is 4. The molecular weight excluding hydrogens is 473 g/mol. The Kier molecular flexibility index (Phi) is 7.01. The van der Waals surface area contributed by atoms with Crippen LogP contribution in [0.15, 0.2) is 29.5 Å². The predicted octanol–water partition coefficient (Wildman–Crippen LogP) is 2.76. The number of anilines is 1. The van der Waals surface area contributed by atoms with Crippen molar-refractivity contribution in [3.8, 4) is 0 Å². The van der Waals surface area contributed by atoms with Crippen molar-refractivity contribution in [2.24, 2.45) is 11.8 Å². The first-order valence-corrected chi connectivity index (χ1v) is 12.4. The van der Waals surface area contributed by atoms with Gasteiger partial charge in [-0.15, -0.1) is 0 Å². The summed E-state index contributed by atoms with van der Waals surface area (Å²) >= 11 is 6.18. The fourth-order valence-electron chi connectivity index (χ4n) is 4.17. The Bertz CT molecular complexity index is 1250. The summed E-state index contributed by atoms with van der Waals surface area (Å²) in [6.07, 6.45) is 9.42. The zero-order chi connectivity index (χ0) is 24.4. The third-order valence-electron chi connectivity index (χ3n) is 6.48. The van der Waals surface area contributed by atoms with E-state index in [1.165, 1.54) is 42.6 Å². The minimum atomic E-state index is -0.443. The summed E-state index contributed by atoms with van der Waals surface area (Å²) < 4.78 is 14.9. The number of nitrogens with zero attached hydrogens (tertiary/aromatic N) is 4. The van der Waals surface area contributed by atoms with Gasteiger partial charge in [0.2, 0.25) is 5.91 Å². The molecule has 3 aromatic heterocycles. The Balaban J connectivity index is 1.16. The van der Waals surface area contributed by atoms with Crippen molar-refractivity contribution in [1.29, 1.82) is 0 Å². The molecule has 3 heterocycles. The van der Waals surface area contributed by atoms with Gasteiger partial charge in [-0.2, -0.15) is 0 Å². The number of hydrogen-bond donors (Lipinski definition) is 3. The quantitative estimate of drug-likeness (QED) is 0.352. The maximum Gasteiger partial charge on any atom is 0.294 e. The molecule has 2 fully saturated rings. The van der Waals surface area contributed by atoms with Crippen LogP contribution in [0.3, 0.4) is 0 Å². The van der Waals surface area contributed by atoms with Crippen LogP contribution < -0.4 is 16.2 Å². The lowest BCUT2D eigenvalue weighted by Gasteiger charge is -2.22. The van der Waals surface area contributed by atoms with Crippen LogP contribution in [0.2, 0.25) is 5.15 Å². The number of fused-ring (bicyclic) bond motifs is 1. The normalized spacial score (nSPS) is 15.6. The smallest absolute Gasteiger partial charge is 0.294 e. The highest BCUT2D eigenvalue weighted by Crippen LogP contribution is 2.33. The number of amides is 1. The largest absolute Gasteiger partial charge is 0.364 e. The molecule has 9 nitrogen and oxygen atoms in total. The summed E-state index contributed by atoms with van der Waals surface area (Å²) in [6.45, 7) is 3.58. The van der Waals surface area contributed by atoms with E-state index in [9.17, 15) is 14.0 Å². The van der Waals surface area contributed by atoms with Gasteiger partial charge >= 0.3 is 0 Å².